The van der Waals surface area contributed by atoms with E-state index in [1.165, 1.54) is 0 Å². The third-order valence-electron chi connectivity index (χ3n) is 1.54. The molecule has 6 heteroatoms. The van der Waals surface area contributed by atoms with E-state index >= 15 is 0 Å². The van der Waals surface area contributed by atoms with Crippen LogP contribution in [0.15, 0.2) is 12.4 Å². The van der Waals surface area contributed by atoms with Crippen molar-refractivity contribution in [2.75, 3.05) is 6.26 Å². The van der Waals surface area contributed by atoms with E-state index in [-0.39, 0.29) is 6.61 Å². The molecule has 0 N–H and O–H groups in total. The van der Waals surface area contributed by atoms with E-state index in [1.54, 1.807) is 12.4 Å². The molecule has 1 heterocycles. The van der Waals surface area contributed by atoms with Crippen LogP contribution in [0.3, 0.4) is 0 Å². The Hall–Kier alpha value is -0.880. The summed E-state index contributed by atoms with van der Waals surface area (Å²) in [5.74, 6) is 0.618. The fourth-order valence-electron chi connectivity index (χ4n) is 0.928. The maximum atomic E-state index is 10.7. The highest BCUT2D eigenvalue weighted by Gasteiger charge is 2.06. The van der Waals surface area contributed by atoms with Crippen LogP contribution < -0.4 is 0 Å². The summed E-state index contributed by atoms with van der Waals surface area (Å²) in [4.78, 5) is 3.96. The zero-order chi connectivity index (χ0) is 9.90. The fourth-order valence-corrected chi connectivity index (χ4v) is 1.25. The second-order valence-corrected chi connectivity index (χ2v) is 4.24. The predicted molar refractivity (Wildman–Crippen MR) is 47.5 cm³/mol. The summed E-state index contributed by atoms with van der Waals surface area (Å²) >= 11 is 0. The van der Waals surface area contributed by atoms with Crippen molar-refractivity contribution in [2.24, 2.45) is 0 Å². The molecule has 0 saturated carbocycles. The van der Waals surface area contributed by atoms with Gasteiger partial charge in [-0.1, -0.05) is 0 Å². The van der Waals surface area contributed by atoms with E-state index in [9.17, 15) is 8.42 Å². The number of rotatable bonds is 4. The molecule has 74 valence electrons. The van der Waals surface area contributed by atoms with E-state index < -0.39 is 10.1 Å². The van der Waals surface area contributed by atoms with Gasteiger partial charge in [-0.3, -0.25) is 4.18 Å². The molecular weight excluding hydrogens is 192 g/mol. The highest BCUT2D eigenvalue weighted by atomic mass is 32.2. The molecule has 1 aromatic heterocycles. The third-order valence-corrected chi connectivity index (χ3v) is 2.09. The Balaban J connectivity index is 2.64. The van der Waals surface area contributed by atoms with Gasteiger partial charge in [-0.15, -0.1) is 0 Å². The molecule has 0 bridgehead atoms. The summed E-state index contributed by atoms with van der Waals surface area (Å²) < 4.78 is 27.8. The first-order chi connectivity index (χ1) is 6.03. The summed E-state index contributed by atoms with van der Waals surface area (Å²) in [6, 6.07) is 0. The lowest BCUT2D eigenvalue weighted by Crippen LogP contribution is -2.07. The van der Waals surface area contributed by atoms with Gasteiger partial charge >= 0.3 is 0 Å². The summed E-state index contributed by atoms with van der Waals surface area (Å²) in [5.41, 5.74) is 0. The van der Waals surface area contributed by atoms with Gasteiger partial charge in [-0.2, -0.15) is 8.42 Å². The lowest BCUT2D eigenvalue weighted by molar-refractivity contribution is 0.296. The van der Waals surface area contributed by atoms with Crippen molar-refractivity contribution >= 4 is 10.1 Å². The first-order valence-electron chi connectivity index (χ1n) is 3.87. The molecular formula is C7H12N2O3S. The monoisotopic (exact) mass is 204 g/mol. The quantitative estimate of drug-likeness (QED) is 0.665. The second kappa shape index (κ2) is 3.89. The van der Waals surface area contributed by atoms with Crippen LogP contribution in [-0.2, 0) is 27.5 Å². The van der Waals surface area contributed by atoms with E-state index in [0.29, 0.717) is 5.82 Å². The minimum atomic E-state index is -3.38. The Morgan fingerprint density at radius 1 is 1.62 bits per heavy atom. The van der Waals surface area contributed by atoms with Crippen molar-refractivity contribution in [1.29, 1.82) is 0 Å². The SMILES string of the molecule is CCn1ccnc1COS(C)(=O)=O. The van der Waals surface area contributed by atoms with E-state index in [1.807, 2.05) is 11.5 Å². The number of nitrogens with zero attached hydrogens (tertiary/aromatic N) is 2. The molecule has 0 aliphatic carbocycles. The largest absolute Gasteiger partial charge is 0.333 e. The van der Waals surface area contributed by atoms with Gasteiger partial charge in [0.1, 0.15) is 12.4 Å². The van der Waals surface area contributed by atoms with Crippen molar-refractivity contribution in [3.8, 4) is 0 Å². The van der Waals surface area contributed by atoms with Gasteiger partial charge in [-0.05, 0) is 6.92 Å². The average Bonchev–Trinajstić information content (AvgIpc) is 2.46. The van der Waals surface area contributed by atoms with Crippen molar-refractivity contribution in [3.63, 3.8) is 0 Å². The molecule has 0 aromatic carbocycles. The molecule has 0 amide bonds. The molecule has 1 rings (SSSR count). The maximum absolute atomic E-state index is 10.7. The molecule has 0 radical (unpaired) electrons. The lowest BCUT2D eigenvalue weighted by Gasteiger charge is -2.03. The summed E-state index contributed by atoms with van der Waals surface area (Å²) in [5, 5.41) is 0. The minimum absolute atomic E-state index is 0.000324. The molecule has 0 aliphatic rings. The Kier molecular flexibility index (Phi) is 3.05. The minimum Gasteiger partial charge on any atom is -0.333 e. The Morgan fingerprint density at radius 2 is 2.31 bits per heavy atom. The van der Waals surface area contributed by atoms with Crippen LogP contribution in [0.5, 0.6) is 0 Å². The van der Waals surface area contributed by atoms with Gasteiger partial charge in [0.05, 0.1) is 6.26 Å². The highest BCUT2D eigenvalue weighted by Crippen LogP contribution is 2.01. The predicted octanol–water partition coefficient (Wildman–Crippen LogP) is 0.379. The van der Waals surface area contributed by atoms with Crippen LogP contribution >= 0.6 is 0 Å². The van der Waals surface area contributed by atoms with Crippen molar-refractivity contribution in [3.05, 3.63) is 18.2 Å². The van der Waals surface area contributed by atoms with E-state index in [2.05, 4.69) is 9.17 Å². The van der Waals surface area contributed by atoms with Gasteiger partial charge in [0.25, 0.3) is 10.1 Å². The van der Waals surface area contributed by atoms with Gasteiger partial charge in [0, 0.05) is 18.9 Å². The highest BCUT2D eigenvalue weighted by molar-refractivity contribution is 7.85. The molecule has 13 heavy (non-hydrogen) atoms. The molecule has 0 fully saturated rings. The normalized spacial score (nSPS) is 11.8. The van der Waals surface area contributed by atoms with Crippen LogP contribution in [0, 0.1) is 0 Å². The van der Waals surface area contributed by atoms with Crippen LogP contribution in [-0.4, -0.2) is 24.2 Å². The Bertz CT molecular complexity index is 369. The first kappa shape index (κ1) is 10.2. The van der Waals surface area contributed by atoms with E-state index in [4.69, 9.17) is 0 Å². The lowest BCUT2D eigenvalue weighted by atomic mass is 10.6. The standard InChI is InChI=1S/C7H12N2O3S/c1-3-9-5-4-8-7(9)6-12-13(2,10)11/h4-5H,3,6H2,1-2H3. The maximum Gasteiger partial charge on any atom is 0.264 e. The topological polar surface area (TPSA) is 61.2 Å². The van der Waals surface area contributed by atoms with Crippen LogP contribution in [0.2, 0.25) is 0 Å². The van der Waals surface area contributed by atoms with Gasteiger partial charge in [0.15, 0.2) is 0 Å². The van der Waals surface area contributed by atoms with Gasteiger partial charge in [0.2, 0.25) is 0 Å². The molecule has 0 unspecified atom stereocenters. The first-order valence-corrected chi connectivity index (χ1v) is 5.69. The number of hydrogen-bond donors (Lipinski definition) is 0. The van der Waals surface area contributed by atoms with Crippen molar-refractivity contribution in [1.82, 2.24) is 9.55 Å². The van der Waals surface area contributed by atoms with Gasteiger partial charge < -0.3 is 4.57 Å². The second-order valence-electron chi connectivity index (χ2n) is 2.60. The zero-order valence-corrected chi connectivity index (χ0v) is 8.41. The Labute approximate surface area is 77.5 Å². The molecule has 0 aliphatic heterocycles. The summed E-state index contributed by atoms with van der Waals surface area (Å²) in [6.45, 7) is 2.70. The number of aromatic nitrogens is 2. The number of aryl methyl sites for hydroxylation is 1. The Morgan fingerprint density at radius 3 is 2.85 bits per heavy atom. The van der Waals surface area contributed by atoms with Crippen molar-refractivity contribution in [2.45, 2.75) is 20.1 Å². The van der Waals surface area contributed by atoms with Crippen LogP contribution in [0.1, 0.15) is 12.7 Å². The van der Waals surface area contributed by atoms with E-state index in [0.717, 1.165) is 12.8 Å². The molecule has 5 nitrogen and oxygen atoms in total. The molecule has 1 aromatic rings. The average molecular weight is 204 g/mol. The summed E-state index contributed by atoms with van der Waals surface area (Å²) in [6.07, 6.45) is 4.41. The number of hydrogen-bond acceptors (Lipinski definition) is 4. The summed E-state index contributed by atoms with van der Waals surface area (Å²) in [7, 11) is -3.38. The fraction of sp³-hybridized carbons (Fsp3) is 0.571. The molecule has 0 spiro atoms. The van der Waals surface area contributed by atoms with Crippen LogP contribution in [0.4, 0.5) is 0 Å². The number of imidazole rings is 1. The smallest absolute Gasteiger partial charge is 0.264 e. The van der Waals surface area contributed by atoms with Crippen LogP contribution in [0.25, 0.3) is 0 Å². The molecule has 0 atom stereocenters. The third kappa shape index (κ3) is 3.16. The van der Waals surface area contributed by atoms with Crippen molar-refractivity contribution < 1.29 is 12.6 Å². The van der Waals surface area contributed by atoms with Gasteiger partial charge in [-0.25, -0.2) is 4.98 Å². The zero-order valence-electron chi connectivity index (χ0n) is 7.60. The molecule has 0 saturated heterocycles.